The number of amides is 2. The molecule has 2 amide bonds. The first-order chi connectivity index (χ1) is 12.6. The van der Waals surface area contributed by atoms with E-state index < -0.39 is 0 Å². The van der Waals surface area contributed by atoms with Crippen LogP contribution in [0.15, 0.2) is 48.5 Å². The number of hydrogen-bond donors (Lipinski definition) is 3. The predicted molar refractivity (Wildman–Crippen MR) is 109 cm³/mol. The molecule has 146 valence electrons. The van der Waals surface area contributed by atoms with Crippen molar-refractivity contribution in [1.29, 1.82) is 0 Å². The predicted octanol–water partition coefficient (Wildman–Crippen LogP) is 2.44. The number of carbonyl (C=O) groups is 2. The van der Waals surface area contributed by atoms with Gasteiger partial charge in [-0.25, -0.2) is 0 Å². The SMILES string of the molecule is Cc1ccc(NC(=O)COc2ccc(CCNC(=O)CCN)cc2)cc1.Cl. The lowest BCUT2D eigenvalue weighted by Crippen LogP contribution is -2.27. The van der Waals surface area contributed by atoms with Crippen molar-refractivity contribution in [3.63, 3.8) is 0 Å². The molecule has 2 aromatic rings. The molecule has 0 bridgehead atoms. The van der Waals surface area contributed by atoms with Gasteiger partial charge in [0, 0.05) is 25.2 Å². The number of rotatable bonds is 9. The molecular weight excluding hydrogens is 366 g/mol. The van der Waals surface area contributed by atoms with E-state index in [9.17, 15) is 9.59 Å². The van der Waals surface area contributed by atoms with Gasteiger partial charge in [-0.3, -0.25) is 9.59 Å². The Morgan fingerprint density at radius 2 is 1.67 bits per heavy atom. The molecule has 27 heavy (non-hydrogen) atoms. The van der Waals surface area contributed by atoms with Gasteiger partial charge in [0.15, 0.2) is 6.61 Å². The van der Waals surface area contributed by atoms with E-state index in [1.54, 1.807) is 0 Å². The molecule has 0 atom stereocenters. The fourth-order valence-corrected chi connectivity index (χ4v) is 2.30. The summed E-state index contributed by atoms with van der Waals surface area (Å²) < 4.78 is 5.50. The zero-order valence-corrected chi connectivity index (χ0v) is 16.2. The standard InChI is InChI=1S/C20H25N3O3.ClH/c1-15-2-6-17(7-3-15)23-20(25)14-26-18-8-4-16(5-9-18)11-13-22-19(24)10-12-21;/h2-9H,10-14,21H2,1H3,(H,22,24)(H,23,25);1H. The highest BCUT2D eigenvalue weighted by molar-refractivity contribution is 5.91. The van der Waals surface area contributed by atoms with E-state index in [4.69, 9.17) is 10.5 Å². The Hall–Kier alpha value is -2.57. The van der Waals surface area contributed by atoms with Gasteiger partial charge in [0.25, 0.3) is 5.91 Å². The zero-order chi connectivity index (χ0) is 18.8. The summed E-state index contributed by atoms with van der Waals surface area (Å²) in [6.07, 6.45) is 1.07. The second-order valence-corrected chi connectivity index (χ2v) is 5.99. The van der Waals surface area contributed by atoms with Crippen molar-refractivity contribution in [1.82, 2.24) is 5.32 Å². The molecular formula is C20H26ClN3O3. The Morgan fingerprint density at radius 3 is 2.30 bits per heavy atom. The van der Waals surface area contributed by atoms with Crippen molar-refractivity contribution < 1.29 is 14.3 Å². The highest BCUT2D eigenvalue weighted by Crippen LogP contribution is 2.13. The molecule has 4 N–H and O–H groups in total. The monoisotopic (exact) mass is 391 g/mol. The maximum Gasteiger partial charge on any atom is 0.262 e. The Morgan fingerprint density at radius 1 is 1.00 bits per heavy atom. The van der Waals surface area contributed by atoms with Crippen LogP contribution in [0.25, 0.3) is 0 Å². The molecule has 2 aromatic carbocycles. The lowest BCUT2D eigenvalue weighted by molar-refractivity contribution is -0.121. The van der Waals surface area contributed by atoms with Gasteiger partial charge >= 0.3 is 0 Å². The first-order valence-corrected chi connectivity index (χ1v) is 8.62. The zero-order valence-electron chi connectivity index (χ0n) is 15.4. The minimum absolute atomic E-state index is 0. The molecule has 0 saturated heterocycles. The van der Waals surface area contributed by atoms with Crippen LogP contribution in [0.5, 0.6) is 5.75 Å². The van der Waals surface area contributed by atoms with Crippen LogP contribution in [0.2, 0.25) is 0 Å². The summed E-state index contributed by atoms with van der Waals surface area (Å²) >= 11 is 0. The molecule has 0 aliphatic heterocycles. The fourth-order valence-electron chi connectivity index (χ4n) is 2.30. The number of nitrogens with one attached hydrogen (secondary N) is 2. The van der Waals surface area contributed by atoms with Crippen molar-refractivity contribution in [3.05, 3.63) is 59.7 Å². The average molecular weight is 392 g/mol. The highest BCUT2D eigenvalue weighted by atomic mass is 35.5. The van der Waals surface area contributed by atoms with Gasteiger partial charge in [-0.2, -0.15) is 0 Å². The molecule has 0 radical (unpaired) electrons. The van der Waals surface area contributed by atoms with E-state index in [1.165, 1.54) is 0 Å². The Labute approximate surface area is 165 Å². The number of ether oxygens (including phenoxy) is 1. The number of aryl methyl sites for hydroxylation is 1. The van der Waals surface area contributed by atoms with Crippen LogP contribution >= 0.6 is 12.4 Å². The van der Waals surface area contributed by atoms with Crippen molar-refractivity contribution in [2.24, 2.45) is 5.73 Å². The van der Waals surface area contributed by atoms with Gasteiger partial charge in [-0.1, -0.05) is 29.8 Å². The maximum atomic E-state index is 11.9. The van der Waals surface area contributed by atoms with Gasteiger partial charge in [0.1, 0.15) is 5.75 Å². The summed E-state index contributed by atoms with van der Waals surface area (Å²) in [5.74, 6) is 0.382. The smallest absolute Gasteiger partial charge is 0.262 e. The van der Waals surface area contributed by atoms with Gasteiger partial charge in [0.05, 0.1) is 0 Å². The average Bonchev–Trinajstić information content (AvgIpc) is 2.63. The minimum atomic E-state index is -0.208. The molecule has 7 heteroatoms. The number of halogens is 1. The van der Waals surface area contributed by atoms with Gasteiger partial charge < -0.3 is 21.1 Å². The third-order valence-corrected chi connectivity index (χ3v) is 3.74. The van der Waals surface area contributed by atoms with E-state index in [0.717, 1.165) is 23.2 Å². The maximum absolute atomic E-state index is 11.9. The highest BCUT2D eigenvalue weighted by Gasteiger charge is 2.04. The van der Waals surface area contributed by atoms with Crippen molar-refractivity contribution in [2.75, 3.05) is 25.0 Å². The normalized spacial score (nSPS) is 9.85. The van der Waals surface area contributed by atoms with E-state index in [0.29, 0.717) is 25.3 Å². The Bertz CT molecular complexity index is 718. The molecule has 0 fully saturated rings. The van der Waals surface area contributed by atoms with Crippen LogP contribution in [-0.2, 0) is 16.0 Å². The van der Waals surface area contributed by atoms with Crippen LogP contribution in [0.3, 0.4) is 0 Å². The number of hydrogen-bond acceptors (Lipinski definition) is 4. The third kappa shape index (κ3) is 8.57. The fraction of sp³-hybridized carbons (Fsp3) is 0.300. The summed E-state index contributed by atoms with van der Waals surface area (Å²) in [5.41, 5.74) is 8.29. The summed E-state index contributed by atoms with van der Waals surface area (Å²) in [6, 6.07) is 15.1. The summed E-state index contributed by atoms with van der Waals surface area (Å²) in [7, 11) is 0. The Kier molecular flexibility index (Phi) is 9.93. The second-order valence-electron chi connectivity index (χ2n) is 5.99. The number of carbonyl (C=O) groups excluding carboxylic acids is 2. The molecule has 0 heterocycles. The molecule has 0 unspecified atom stereocenters. The Balaban J connectivity index is 0.00000364. The largest absolute Gasteiger partial charge is 0.484 e. The van der Waals surface area contributed by atoms with Crippen LogP contribution in [-0.4, -0.2) is 31.5 Å². The van der Waals surface area contributed by atoms with Crippen LogP contribution < -0.4 is 21.1 Å². The molecule has 0 spiro atoms. The molecule has 0 aliphatic carbocycles. The topological polar surface area (TPSA) is 93.5 Å². The molecule has 0 aromatic heterocycles. The first kappa shape index (κ1) is 22.5. The van der Waals surface area contributed by atoms with E-state index in [-0.39, 0.29) is 30.8 Å². The number of benzene rings is 2. The van der Waals surface area contributed by atoms with E-state index in [1.807, 2.05) is 55.5 Å². The molecule has 6 nitrogen and oxygen atoms in total. The summed E-state index contributed by atoms with van der Waals surface area (Å²) in [4.78, 5) is 23.2. The lowest BCUT2D eigenvalue weighted by atomic mass is 10.1. The van der Waals surface area contributed by atoms with E-state index >= 15 is 0 Å². The first-order valence-electron chi connectivity index (χ1n) is 8.62. The van der Waals surface area contributed by atoms with Crippen LogP contribution in [0, 0.1) is 6.92 Å². The second kappa shape index (κ2) is 11.9. The number of nitrogens with two attached hydrogens (primary N) is 1. The molecule has 2 rings (SSSR count). The molecule has 0 aliphatic rings. The van der Waals surface area contributed by atoms with E-state index in [2.05, 4.69) is 10.6 Å². The minimum Gasteiger partial charge on any atom is -0.484 e. The lowest BCUT2D eigenvalue weighted by Gasteiger charge is -2.09. The third-order valence-electron chi connectivity index (χ3n) is 3.74. The molecule has 0 saturated carbocycles. The van der Waals surface area contributed by atoms with Crippen LogP contribution in [0.1, 0.15) is 17.5 Å². The van der Waals surface area contributed by atoms with Gasteiger partial charge in [0.2, 0.25) is 5.91 Å². The summed E-state index contributed by atoms with van der Waals surface area (Å²) in [6.45, 7) is 2.86. The van der Waals surface area contributed by atoms with Gasteiger partial charge in [-0.05, 0) is 43.2 Å². The van der Waals surface area contributed by atoms with Crippen molar-refractivity contribution in [2.45, 2.75) is 19.8 Å². The quantitative estimate of drug-likeness (QED) is 0.612. The van der Waals surface area contributed by atoms with Crippen LogP contribution in [0.4, 0.5) is 5.69 Å². The van der Waals surface area contributed by atoms with Crippen molar-refractivity contribution in [3.8, 4) is 5.75 Å². The summed E-state index contributed by atoms with van der Waals surface area (Å²) in [5, 5.41) is 5.60. The number of anilines is 1. The van der Waals surface area contributed by atoms with Gasteiger partial charge in [-0.15, -0.1) is 12.4 Å². The van der Waals surface area contributed by atoms with Crippen molar-refractivity contribution >= 4 is 29.9 Å².